The summed E-state index contributed by atoms with van der Waals surface area (Å²) < 4.78 is 12.9. The predicted molar refractivity (Wildman–Crippen MR) is 105 cm³/mol. The highest BCUT2D eigenvalue weighted by atomic mass is 79.9. The van der Waals surface area contributed by atoms with Gasteiger partial charge < -0.3 is 9.15 Å². The highest BCUT2D eigenvalue weighted by Gasteiger charge is 2.17. The third-order valence-electron chi connectivity index (χ3n) is 3.54. The fourth-order valence-electron chi connectivity index (χ4n) is 2.15. The fourth-order valence-corrected chi connectivity index (χ4v) is 3.42. The Morgan fingerprint density at radius 1 is 1.36 bits per heavy atom. The molecule has 134 valence electrons. The van der Waals surface area contributed by atoms with Gasteiger partial charge in [-0.2, -0.15) is 5.10 Å². The Morgan fingerprint density at radius 2 is 2.08 bits per heavy atom. The average Bonchev–Trinajstić information content (AvgIpc) is 2.96. The van der Waals surface area contributed by atoms with E-state index in [1.54, 1.807) is 6.07 Å². The maximum absolute atomic E-state index is 12.0. The van der Waals surface area contributed by atoms with Gasteiger partial charge in [0.25, 0.3) is 5.91 Å². The second-order valence-corrected chi connectivity index (χ2v) is 7.55. The molecular formula is C18H20Br2N2O3. The molecule has 1 aromatic carbocycles. The van der Waals surface area contributed by atoms with Gasteiger partial charge >= 0.3 is 0 Å². The van der Waals surface area contributed by atoms with Gasteiger partial charge in [0.1, 0.15) is 17.3 Å². The van der Waals surface area contributed by atoms with E-state index in [1.165, 1.54) is 6.21 Å². The first-order chi connectivity index (χ1) is 11.8. The van der Waals surface area contributed by atoms with Crippen molar-refractivity contribution >= 4 is 44.0 Å². The Kier molecular flexibility index (Phi) is 6.84. The van der Waals surface area contributed by atoms with Crippen LogP contribution in [-0.4, -0.2) is 18.7 Å². The maximum Gasteiger partial charge on any atom is 0.277 e. The van der Waals surface area contributed by atoms with Crippen molar-refractivity contribution in [1.82, 2.24) is 5.43 Å². The van der Waals surface area contributed by atoms with E-state index < -0.39 is 0 Å². The SMILES string of the molecule is Cc1ccc(/C=N\NC(=O)COc2c(C(C)C)cc(Br)c(C)c2Br)o1. The topological polar surface area (TPSA) is 63.8 Å². The summed E-state index contributed by atoms with van der Waals surface area (Å²) in [6.45, 7) is 7.83. The van der Waals surface area contributed by atoms with Crippen LogP contribution in [0, 0.1) is 13.8 Å². The zero-order chi connectivity index (χ0) is 18.6. The predicted octanol–water partition coefficient (Wildman–Crippen LogP) is 5.07. The summed E-state index contributed by atoms with van der Waals surface area (Å²) in [6, 6.07) is 5.63. The Morgan fingerprint density at radius 3 is 2.68 bits per heavy atom. The third kappa shape index (κ3) is 5.19. The summed E-state index contributed by atoms with van der Waals surface area (Å²) in [6.07, 6.45) is 1.45. The molecule has 0 saturated carbocycles. The summed E-state index contributed by atoms with van der Waals surface area (Å²) in [5.41, 5.74) is 4.47. The minimum atomic E-state index is -0.346. The molecule has 0 unspecified atom stereocenters. The molecule has 5 nitrogen and oxygen atoms in total. The van der Waals surface area contributed by atoms with Crippen LogP contribution >= 0.6 is 31.9 Å². The lowest BCUT2D eigenvalue weighted by molar-refractivity contribution is -0.123. The van der Waals surface area contributed by atoms with Crippen LogP contribution in [0.15, 0.2) is 36.7 Å². The Balaban J connectivity index is 2.02. The lowest BCUT2D eigenvalue weighted by atomic mass is 10.0. The lowest BCUT2D eigenvalue weighted by Gasteiger charge is -2.18. The number of carbonyl (C=O) groups excluding carboxylic acids is 1. The standard InChI is InChI=1S/C18H20Br2N2O3/c1-10(2)14-7-15(19)12(4)17(20)18(14)24-9-16(23)22-21-8-13-6-5-11(3)25-13/h5-8,10H,9H2,1-4H3,(H,22,23)/b21-8-. The van der Waals surface area contributed by atoms with E-state index in [2.05, 4.69) is 56.2 Å². The second-order valence-electron chi connectivity index (χ2n) is 5.90. The first-order valence-electron chi connectivity index (χ1n) is 7.79. The Bertz CT molecular complexity index is 798. The van der Waals surface area contributed by atoms with Crippen molar-refractivity contribution in [3.8, 4) is 5.75 Å². The molecular weight excluding hydrogens is 452 g/mol. The zero-order valence-corrected chi connectivity index (χ0v) is 17.7. The van der Waals surface area contributed by atoms with E-state index >= 15 is 0 Å². The number of benzene rings is 1. The maximum atomic E-state index is 12.0. The smallest absolute Gasteiger partial charge is 0.277 e. The lowest BCUT2D eigenvalue weighted by Crippen LogP contribution is -2.25. The van der Waals surface area contributed by atoms with Crippen LogP contribution in [0.1, 0.15) is 42.4 Å². The monoisotopic (exact) mass is 470 g/mol. The molecule has 1 heterocycles. The van der Waals surface area contributed by atoms with Crippen LogP contribution in [0.3, 0.4) is 0 Å². The quantitative estimate of drug-likeness (QED) is 0.472. The van der Waals surface area contributed by atoms with Crippen LogP contribution in [0.2, 0.25) is 0 Å². The first-order valence-corrected chi connectivity index (χ1v) is 9.37. The van der Waals surface area contributed by atoms with Crippen LogP contribution in [0.5, 0.6) is 5.75 Å². The molecule has 0 aliphatic rings. The number of hydrazone groups is 1. The molecule has 0 aliphatic carbocycles. The molecule has 0 atom stereocenters. The molecule has 1 amide bonds. The third-order valence-corrected chi connectivity index (χ3v) is 5.32. The molecule has 2 rings (SSSR count). The second kappa shape index (κ2) is 8.67. The fraction of sp³-hybridized carbons (Fsp3) is 0.333. The molecule has 1 N–H and O–H groups in total. The molecule has 25 heavy (non-hydrogen) atoms. The van der Waals surface area contributed by atoms with Gasteiger partial charge in [0.15, 0.2) is 6.61 Å². The van der Waals surface area contributed by atoms with Crippen molar-refractivity contribution in [1.29, 1.82) is 0 Å². The number of amides is 1. The average molecular weight is 472 g/mol. The minimum absolute atomic E-state index is 0.131. The van der Waals surface area contributed by atoms with Crippen molar-refractivity contribution in [2.75, 3.05) is 6.61 Å². The molecule has 7 heteroatoms. The van der Waals surface area contributed by atoms with Gasteiger partial charge in [0.2, 0.25) is 0 Å². The summed E-state index contributed by atoms with van der Waals surface area (Å²) >= 11 is 7.10. The van der Waals surface area contributed by atoms with E-state index in [-0.39, 0.29) is 18.4 Å². The number of nitrogens with zero attached hydrogens (tertiary/aromatic N) is 1. The normalized spacial score (nSPS) is 11.3. The number of hydrogen-bond donors (Lipinski definition) is 1. The Hall–Kier alpha value is -1.60. The molecule has 0 spiro atoms. The van der Waals surface area contributed by atoms with Crippen LogP contribution in [0.25, 0.3) is 0 Å². The minimum Gasteiger partial charge on any atom is -0.482 e. The molecule has 2 aromatic rings. The van der Waals surface area contributed by atoms with Crippen molar-refractivity contribution in [3.05, 3.63) is 49.8 Å². The number of furan rings is 1. The number of halogens is 2. The van der Waals surface area contributed by atoms with Gasteiger partial charge in [0, 0.05) is 4.47 Å². The van der Waals surface area contributed by atoms with E-state index in [4.69, 9.17) is 9.15 Å². The van der Waals surface area contributed by atoms with Gasteiger partial charge in [-0.25, -0.2) is 5.43 Å². The van der Waals surface area contributed by atoms with Gasteiger partial charge in [-0.3, -0.25) is 4.79 Å². The summed E-state index contributed by atoms with van der Waals surface area (Å²) in [4.78, 5) is 12.0. The van der Waals surface area contributed by atoms with Crippen molar-refractivity contribution in [2.45, 2.75) is 33.6 Å². The number of aryl methyl sites for hydroxylation is 1. The van der Waals surface area contributed by atoms with E-state index in [1.807, 2.05) is 26.0 Å². The van der Waals surface area contributed by atoms with Gasteiger partial charge in [-0.15, -0.1) is 0 Å². The highest BCUT2D eigenvalue weighted by molar-refractivity contribution is 9.11. The van der Waals surface area contributed by atoms with Crippen molar-refractivity contribution < 1.29 is 13.9 Å². The number of nitrogens with one attached hydrogen (secondary N) is 1. The van der Waals surface area contributed by atoms with E-state index in [0.717, 1.165) is 25.8 Å². The van der Waals surface area contributed by atoms with Gasteiger partial charge in [-0.1, -0.05) is 29.8 Å². The summed E-state index contributed by atoms with van der Waals surface area (Å²) in [7, 11) is 0. The highest BCUT2D eigenvalue weighted by Crippen LogP contribution is 2.40. The molecule has 0 saturated heterocycles. The van der Waals surface area contributed by atoms with Crippen LogP contribution < -0.4 is 10.2 Å². The van der Waals surface area contributed by atoms with E-state index in [0.29, 0.717) is 11.5 Å². The van der Waals surface area contributed by atoms with Gasteiger partial charge in [0.05, 0.1) is 10.7 Å². The summed E-state index contributed by atoms with van der Waals surface area (Å²) in [5, 5.41) is 3.86. The Labute approximate surface area is 164 Å². The van der Waals surface area contributed by atoms with E-state index in [9.17, 15) is 4.79 Å². The number of ether oxygens (including phenoxy) is 1. The first kappa shape index (κ1) is 19.7. The molecule has 0 aliphatic heterocycles. The molecule has 0 radical (unpaired) electrons. The van der Waals surface area contributed by atoms with Crippen LogP contribution in [0.4, 0.5) is 0 Å². The largest absolute Gasteiger partial charge is 0.482 e. The molecule has 1 aromatic heterocycles. The molecule has 0 fully saturated rings. The van der Waals surface area contributed by atoms with Crippen molar-refractivity contribution in [3.63, 3.8) is 0 Å². The number of rotatable bonds is 6. The summed E-state index contributed by atoms with van der Waals surface area (Å²) in [5.74, 6) is 1.95. The van der Waals surface area contributed by atoms with Crippen LogP contribution in [-0.2, 0) is 4.79 Å². The van der Waals surface area contributed by atoms with Crippen molar-refractivity contribution in [2.24, 2.45) is 5.10 Å². The molecule has 0 bridgehead atoms. The number of hydrogen-bond acceptors (Lipinski definition) is 4. The number of carbonyl (C=O) groups is 1. The zero-order valence-electron chi connectivity index (χ0n) is 14.5. The van der Waals surface area contributed by atoms with Gasteiger partial charge in [-0.05, 0) is 65.0 Å².